The van der Waals surface area contributed by atoms with Crippen LogP contribution in [-0.4, -0.2) is 68.9 Å². The smallest absolute Gasteiger partial charge is 0.401 e. The highest BCUT2D eigenvalue weighted by Crippen LogP contribution is 2.19. The molecule has 148 valence electrons. The van der Waals surface area contributed by atoms with E-state index in [1.807, 2.05) is 6.92 Å². The number of aliphatic imine (C=N–C) groups is 1. The van der Waals surface area contributed by atoms with Crippen LogP contribution >= 0.6 is 24.0 Å². The van der Waals surface area contributed by atoms with E-state index in [1.165, 1.54) is 12.0 Å². The van der Waals surface area contributed by atoms with E-state index >= 15 is 0 Å². The minimum atomic E-state index is -4.16. The van der Waals surface area contributed by atoms with Gasteiger partial charge in [-0.15, -0.1) is 24.0 Å². The topological polar surface area (TPSA) is 66.0 Å². The van der Waals surface area contributed by atoms with Crippen molar-refractivity contribution < 1.29 is 22.7 Å². The van der Waals surface area contributed by atoms with Crippen molar-refractivity contribution >= 4 is 35.9 Å². The number of nitrogens with one attached hydrogen (secondary N) is 2. The maximum Gasteiger partial charge on any atom is 0.401 e. The van der Waals surface area contributed by atoms with Crippen LogP contribution in [-0.2, 0) is 9.53 Å². The van der Waals surface area contributed by atoms with E-state index < -0.39 is 12.7 Å². The average Bonchev–Trinajstić information content (AvgIpc) is 2.91. The van der Waals surface area contributed by atoms with Crippen molar-refractivity contribution in [2.75, 3.05) is 39.8 Å². The van der Waals surface area contributed by atoms with Crippen LogP contribution < -0.4 is 10.6 Å². The Morgan fingerprint density at radius 1 is 1.36 bits per heavy atom. The summed E-state index contributed by atoms with van der Waals surface area (Å²) in [6, 6.07) is -0.0415. The number of ether oxygens (including phenoxy) is 1. The van der Waals surface area contributed by atoms with Gasteiger partial charge in [-0.3, -0.25) is 14.7 Å². The zero-order chi connectivity index (χ0) is 18.0. The standard InChI is InChI=1S/C15H27F3N4O2.HI/c1-3-19-14(20-8-5-4-6-13(23)24-2)21-12-7-9-22(10-12)11-15(16,17)18;/h12H,3-11H2,1-2H3,(H2,19,20,21);1H. The van der Waals surface area contributed by atoms with Crippen molar-refractivity contribution in [1.82, 2.24) is 15.5 Å². The molecule has 0 saturated carbocycles. The summed E-state index contributed by atoms with van der Waals surface area (Å²) in [5.41, 5.74) is 0. The predicted octanol–water partition coefficient (Wildman–Crippen LogP) is 2.14. The number of likely N-dealkylation sites (tertiary alicyclic amines) is 1. The van der Waals surface area contributed by atoms with E-state index in [4.69, 9.17) is 0 Å². The van der Waals surface area contributed by atoms with Crippen LogP contribution in [0.25, 0.3) is 0 Å². The minimum Gasteiger partial charge on any atom is -0.469 e. The van der Waals surface area contributed by atoms with Crippen molar-refractivity contribution in [3.05, 3.63) is 0 Å². The van der Waals surface area contributed by atoms with E-state index in [0.717, 1.165) is 6.42 Å². The summed E-state index contributed by atoms with van der Waals surface area (Å²) < 4.78 is 41.8. The molecule has 1 heterocycles. The Labute approximate surface area is 164 Å². The monoisotopic (exact) mass is 480 g/mol. The molecule has 25 heavy (non-hydrogen) atoms. The van der Waals surface area contributed by atoms with Gasteiger partial charge in [0.05, 0.1) is 13.7 Å². The molecule has 1 aliphatic heterocycles. The summed E-state index contributed by atoms with van der Waals surface area (Å²) in [6.07, 6.45) is -1.70. The average molecular weight is 480 g/mol. The SMILES string of the molecule is CCNC(=NCCCCC(=O)OC)NC1CCN(CC(F)(F)F)C1.I. The van der Waals surface area contributed by atoms with E-state index in [0.29, 0.717) is 51.4 Å². The molecule has 0 aromatic heterocycles. The normalized spacial score (nSPS) is 18.6. The second-order valence-electron chi connectivity index (χ2n) is 5.77. The van der Waals surface area contributed by atoms with Crippen LogP contribution in [0.4, 0.5) is 13.2 Å². The lowest BCUT2D eigenvalue weighted by Crippen LogP contribution is -2.45. The lowest BCUT2D eigenvalue weighted by atomic mass is 10.2. The lowest BCUT2D eigenvalue weighted by Gasteiger charge is -2.19. The molecule has 0 aromatic rings. The fraction of sp³-hybridized carbons (Fsp3) is 0.867. The van der Waals surface area contributed by atoms with Gasteiger partial charge in [-0.25, -0.2) is 0 Å². The molecule has 0 radical (unpaired) electrons. The number of alkyl halides is 3. The van der Waals surface area contributed by atoms with Crippen LogP contribution in [0.3, 0.4) is 0 Å². The van der Waals surface area contributed by atoms with Gasteiger partial charge in [0, 0.05) is 38.6 Å². The lowest BCUT2D eigenvalue weighted by molar-refractivity contribution is -0.143. The number of carbonyl (C=O) groups excluding carboxylic acids is 1. The van der Waals surface area contributed by atoms with Gasteiger partial charge >= 0.3 is 12.1 Å². The first-order valence-corrected chi connectivity index (χ1v) is 8.24. The maximum absolute atomic E-state index is 12.4. The number of hydrogen-bond acceptors (Lipinski definition) is 4. The summed E-state index contributed by atoms with van der Waals surface area (Å²) in [6.45, 7) is 3.06. The molecule has 1 aliphatic rings. The highest BCUT2D eigenvalue weighted by Gasteiger charge is 2.34. The molecule has 0 aliphatic carbocycles. The number of guanidine groups is 1. The van der Waals surface area contributed by atoms with Gasteiger partial charge in [0.2, 0.25) is 0 Å². The first kappa shape index (κ1) is 24.2. The molecule has 1 saturated heterocycles. The molecular formula is C15H28F3IN4O2. The number of hydrogen-bond donors (Lipinski definition) is 2. The Kier molecular flexibility index (Phi) is 12.2. The number of nitrogens with zero attached hydrogens (tertiary/aromatic N) is 2. The van der Waals surface area contributed by atoms with Gasteiger partial charge in [0.1, 0.15) is 0 Å². The van der Waals surface area contributed by atoms with Crippen molar-refractivity contribution in [3.63, 3.8) is 0 Å². The Balaban J connectivity index is 0.00000576. The molecule has 1 atom stereocenters. The number of methoxy groups -OCH3 is 1. The Hall–Kier alpha value is -0.780. The molecule has 0 aromatic carbocycles. The Morgan fingerprint density at radius 2 is 2.08 bits per heavy atom. The number of esters is 1. The maximum atomic E-state index is 12.4. The van der Waals surface area contributed by atoms with Gasteiger partial charge in [-0.05, 0) is 26.2 Å². The van der Waals surface area contributed by atoms with Crippen LogP contribution in [0.1, 0.15) is 32.6 Å². The van der Waals surface area contributed by atoms with Crippen LogP contribution in [0, 0.1) is 0 Å². The van der Waals surface area contributed by atoms with Crippen molar-refractivity contribution in [1.29, 1.82) is 0 Å². The van der Waals surface area contributed by atoms with E-state index in [9.17, 15) is 18.0 Å². The van der Waals surface area contributed by atoms with Crippen molar-refractivity contribution in [2.45, 2.75) is 44.8 Å². The highest BCUT2D eigenvalue weighted by molar-refractivity contribution is 14.0. The number of rotatable bonds is 8. The summed E-state index contributed by atoms with van der Waals surface area (Å²) in [4.78, 5) is 16.8. The predicted molar refractivity (Wildman–Crippen MR) is 101 cm³/mol. The number of halogens is 4. The quantitative estimate of drug-likeness (QED) is 0.183. The van der Waals surface area contributed by atoms with E-state index in [-0.39, 0.29) is 36.0 Å². The van der Waals surface area contributed by atoms with Gasteiger partial charge in [0.15, 0.2) is 5.96 Å². The van der Waals surface area contributed by atoms with Crippen molar-refractivity contribution in [3.8, 4) is 0 Å². The second-order valence-corrected chi connectivity index (χ2v) is 5.77. The molecule has 0 spiro atoms. The zero-order valence-electron chi connectivity index (χ0n) is 14.7. The molecular weight excluding hydrogens is 452 g/mol. The summed E-state index contributed by atoms with van der Waals surface area (Å²) in [7, 11) is 1.36. The van der Waals surface area contributed by atoms with Gasteiger partial charge < -0.3 is 15.4 Å². The van der Waals surface area contributed by atoms with Gasteiger partial charge in [-0.2, -0.15) is 13.2 Å². The first-order valence-electron chi connectivity index (χ1n) is 8.24. The molecule has 1 unspecified atom stereocenters. The molecule has 0 bridgehead atoms. The highest BCUT2D eigenvalue weighted by atomic mass is 127. The number of unbranched alkanes of at least 4 members (excludes halogenated alkanes) is 1. The van der Waals surface area contributed by atoms with Gasteiger partial charge in [-0.1, -0.05) is 0 Å². The zero-order valence-corrected chi connectivity index (χ0v) is 17.0. The Morgan fingerprint density at radius 3 is 2.68 bits per heavy atom. The summed E-state index contributed by atoms with van der Waals surface area (Å²) >= 11 is 0. The first-order chi connectivity index (χ1) is 11.3. The second kappa shape index (κ2) is 12.6. The molecule has 6 nitrogen and oxygen atoms in total. The summed E-state index contributed by atoms with van der Waals surface area (Å²) in [5.74, 6) is 0.370. The minimum absolute atomic E-state index is 0. The summed E-state index contributed by atoms with van der Waals surface area (Å²) in [5, 5.41) is 6.27. The van der Waals surface area contributed by atoms with Crippen LogP contribution in [0.15, 0.2) is 4.99 Å². The van der Waals surface area contributed by atoms with E-state index in [1.54, 1.807) is 0 Å². The fourth-order valence-corrected chi connectivity index (χ4v) is 2.54. The fourth-order valence-electron chi connectivity index (χ4n) is 2.54. The molecule has 2 N–H and O–H groups in total. The molecule has 0 amide bonds. The third-order valence-electron chi connectivity index (χ3n) is 3.65. The van der Waals surface area contributed by atoms with E-state index in [2.05, 4.69) is 20.4 Å². The molecule has 1 rings (SSSR count). The van der Waals surface area contributed by atoms with Gasteiger partial charge in [0.25, 0.3) is 0 Å². The van der Waals surface area contributed by atoms with Crippen LogP contribution in [0.5, 0.6) is 0 Å². The third-order valence-corrected chi connectivity index (χ3v) is 3.65. The molecule has 1 fully saturated rings. The molecule has 10 heteroatoms. The Bertz CT molecular complexity index is 422. The van der Waals surface area contributed by atoms with Crippen LogP contribution in [0.2, 0.25) is 0 Å². The van der Waals surface area contributed by atoms with Crippen molar-refractivity contribution in [2.24, 2.45) is 4.99 Å². The number of carbonyl (C=O) groups is 1. The third kappa shape index (κ3) is 11.4. The largest absolute Gasteiger partial charge is 0.469 e.